The van der Waals surface area contributed by atoms with Crippen LogP contribution in [0.4, 0.5) is 0 Å². The van der Waals surface area contributed by atoms with Crippen molar-refractivity contribution in [3.63, 3.8) is 0 Å². The van der Waals surface area contributed by atoms with Crippen molar-refractivity contribution in [3.05, 3.63) is 64.7 Å². The highest BCUT2D eigenvalue weighted by Crippen LogP contribution is 2.53. The number of hydrogen-bond acceptors (Lipinski definition) is 3. The van der Waals surface area contributed by atoms with Crippen molar-refractivity contribution in [1.29, 1.82) is 0 Å². The number of aliphatic hydroxyl groups is 1. The van der Waals surface area contributed by atoms with Gasteiger partial charge >= 0.3 is 0 Å². The lowest BCUT2D eigenvalue weighted by Crippen LogP contribution is -2.11. The van der Waals surface area contributed by atoms with Gasteiger partial charge in [0.25, 0.3) is 0 Å². The van der Waals surface area contributed by atoms with Crippen LogP contribution in [0.15, 0.2) is 53.4 Å². The molecule has 1 fully saturated rings. The fourth-order valence-corrected chi connectivity index (χ4v) is 5.32. The van der Waals surface area contributed by atoms with E-state index in [0.29, 0.717) is 9.92 Å². The molecule has 3 atom stereocenters. The van der Waals surface area contributed by atoms with Crippen LogP contribution in [-0.2, 0) is 9.84 Å². The highest BCUT2D eigenvalue weighted by atomic mass is 35.5. The van der Waals surface area contributed by atoms with E-state index in [1.165, 1.54) is 0 Å². The summed E-state index contributed by atoms with van der Waals surface area (Å²) in [5.74, 6) is -0.430. The lowest BCUT2D eigenvalue weighted by molar-refractivity contribution is 0.274. The zero-order valence-electron chi connectivity index (χ0n) is 12.1. The van der Waals surface area contributed by atoms with Crippen LogP contribution in [0.1, 0.15) is 17.0 Å². The predicted molar refractivity (Wildman–Crippen MR) is 86.9 cm³/mol. The second-order valence-corrected chi connectivity index (χ2v) is 8.29. The van der Waals surface area contributed by atoms with E-state index in [9.17, 15) is 13.5 Å². The molecule has 1 aliphatic carbocycles. The molecular formula is C17H17ClO3S. The molecule has 3 nitrogen and oxygen atoms in total. The molecule has 116 valence electrons. The minimum Gasteiger partial charge on any atom is -0.396 e. The normalized spacial score (nSPS) is 24.2. The van der Waals surface area contributed by atoms with E-state index in [0.717, 1.165) is 11.1 Å². The third-order valence-electron chi connectivity index (χ3n) is 4.27. The van der Waals surface area contributed by atoms with Gasteiger partial charge in [0.1, 0.15) is 0 Å². The maximum absolute atomic E-state index is 12.8. The number of hydrogen-bond donors (Lipinski definition) is 1. The Bertz CT molecular complexity index is 767. The molecule has 5 heteroatoms. The predicted octanol–water partition coefficient (Wildman–Crippen LogP) is 3.20. The lowest BCUT2D eigenvalue weighted by Gasteiger charge is -2.05. The number of benzene rings is 2. The standard InChI is InChI=1S/C17H17ClO3S/c1-11-2-8-14(9-3-11)22(20,21)17-15(10-19)16(17)12-4-6-13(18)7-5-12/h2-9,15-17,19H,10H2,1H3/t15-,16+,17+/m1/s1. The number of rotatable bonds is 4. The average Bonchev–Trinajstić information content (AvgIpc) is 3.24. The lowest BCUT2D eigenvalue weighted by atomic mass is 10.1. The summed E-state index contributed by atoms with van der Waals surface area (Å²) in [4.78, 5) is 0.318. The summed E-state index contributed by atoms with van der Waals surface area (Å²) in [5.41, 5.74) is 1.92. The van der Waals surface area contributed by atoms with Crippen LogP contribution in [0, 0.1) is 12.8 Å². The smallest absolute Gasteiger partial charge is 0.182 e. The SMILES string of the molecule is Cc1ccc(S(=O)(=O)[C@H]2[C@H](CO)[C@@H]2c2ccc(Cl)cc2)cc1. The molecule has 0 radical (unpaired) electrons. The van der Waals surface area contributed by atoms with E-state index in [4.69, 9.17) is 11.6 Å². The van der Waals surface area contributed by atoms with E-state index in [1.807, 2.05) is 19.1 Å². The third kappa shape index (κ3) is 2.67. The minimum atomic E-state index is -3.44. The molecule has 0 unspecified atom stereocenters. The molecule has 0 heterocycles. The summed E-state index contributed by atoms with van der Waals surface area (Å²) in [7, 11) is -3.44. The monoisotopic (exact) mass is 336 g/mol. The molecule has 0 bridgehead atoms. The van der Waals surface area contributed by atoms with E-state index in [2.05, 4.69) is 0 Å². The van der Waals surface area contributed by atoms with Crippen LogP contribution in [-0.4, -0.2) is 25.4 Å². The summed E-state index contributed by atoms with van der Waals surface area (Å²) in [6.45, 7) is 1.78. The Morgan fingerprint density at radius 3 is 2.18 bits per heavy atom. The molecule has 0 spiro atoms. The van der Waals surface area contributed by atoms with Crippen molar-refractivity contribution in [2.24, 2.45) is 5.92 Å². The van der Waals surface area contributed by atoms with Gasteiger partial charge in [-0.3, -0.25) is 0 Å². The Kier molecular flexibility index (Phi) is 4.02. The van der Waals surface area contributed by atoms with E-state index in [-0.39, 0.29) is 18.4 Å². The Morgan fingerprint density at radius 1 is 1.05 bits per heavy atom. The van der Waals surface area contributed by atoms with Crippen molar-refractivity contribution < 1.29 is 13.5 Å². The van der Waals surface area contributed by atoms with Crippen LogP contribution >= 0.6 is 11.6 Å². The molecule has 0 aromatic heterocycles. The first-order chi connectivity index (χ1) is 10.4. The highest BCUT2D eigenvalue weighted by Gasteiger charge is 2.58. The number of aryl methyl sites for hydroxylation is 1. The largest absolute Gasteiger partial charge is 0.396 e. The van der Waals surface area contributed by atoms with Crippen molar-refractivity contribution in [2.75, 3.05) is 6.61 Å². The summed E-state index contributed by atoms with van der Waals surface area (Å²) in [6, 6.07) is 14.0. The molecule has 0 saturated heterocycles. The van der Waals surface area contributed by atoms with Gasteiger partial charge in [-0.1, -0.05) is 41.4 Å². The fourth-order valence-electron chi connectivity index (χ4n) is 2.99. The highest BCUT2D eigenvalue weighted by molar-refractivity contribution is 7.92. The minimum absolute atomic E-state index is 0.136. The van der Waals surface area contributed by atoms with E-state index >= 15 is 0 Å². The van der Waals surface area contributed by atoms with Gasteiger partial charge in [-0.25, -0.2) is 8.42 Å². The third-order valence-corrected chi connectivity index (χ3v) is 6.81. The maximum atomic E-state index is 12.8. The molecule has 0 aliphatic heterocycles. The molecular weight excluding hydrogens is 320 g/mol. The Balaban J connectivity index is 1.93. The summed E-state index contributed by atoms with van der Waals surface area (Å²) in [5, 5.41) is 9.57. The van der Waals surface area contributed by atoms with Gasteiger partial charge in [0.05, 0.1) is 10.1 Å². The molecule has 2 aromatic rings. The fraction of sp³-hybridized carbons (Fsp3) is 0.294. The molecule has 3 rings (SSSR count). The first-order valence-electron chi connectivity index (χ1n) is 7.12. The van der Waals surface area contributed by atoms with Crippen LogP contribution < -0.4 is 0 Å². The zero-order chi connectivity index (χ0) is 15.9. The average molecular weight is 337 g/mol. The van der Waals surface area contributed by atoms with Gasteiger partial charge in [0.15, 0.2) is 9.84 Å². The zero-order valence-corrected chi connectivity index (χ0v) is 13.7. The maximum Gasteiger partial charge on any atom is 0.182 e. The van der Waals surface area contributed by atoms with Crippen LogP contribution in [0.5, 0.6) is 0 Å². The molecule has 2 aromatic carbocycles. The van der Waals surface area contributed by atoms with Crippen molar-refractivity contribution >= 4 is 21.4 Å². The Hall–Kier alpha value is -1.36. The first kappa shape index (κ1) is 15.5. The second kappa shape index (κ2) is 5.69. The molecule has 1 saturated carbocycles. The van der Waals surface area contributed by atoms with Gasteiger partial charge in [0, 0.05) is 23.5 Å². The van der Waals surface area contributed by atoms with Gasteiger partial charge in [-0.15, -0.1) is 0 Å². The van der Waals surface area contributed by atoms with Crippen LogP contribution in [0.2, 0.25) is 5.02 Å². The van der Waals surface area contributed by atoms with Crippen LogP contribution in [0.25, 0.3) is 0 Å². The first-order valence-corrected chi connectivity index (χ1v) is 9.04. The van der Waals surface area contributed by atoms with E-state index in [1.54, 1.807) is 36.4 Å². The van der Waals surface area contributed by atoms with Crippen molar-refractivity contribution in [1.82, 2.24) is 0 Å². The van der Waals surface area contributed by atoms with E-state index < -0.39 is 15.1 Å². The van der Waals surface area contributed by atoms with Crippen molar-refractivity contribution in [3.8, 4) is 0 Å². The summed E-state index contributed by atoms with van der Waals surface area (Å²) in [6.07, 6.45) is 0. The Labute approximate surface area is 135 Å². The van der Waals surface area contributed by atoms with Gasteiger partial charge in [-0.05, 0) is 36.8 Å². The number of sulfone groups is 1. The van der Waals surface area contributed by atoms with Gasteiger partial charge < -0.3 is 5.11 Å². The van der Waals surface area contributed by atoms with Gasteiger partial charge in [0.2, 0.25) is 0 Å². The molecule has 1 N–H and O–H groups in total. The van der Waals surface area contributed by atoms with Crippen molar-refractivity contribution in [2.45, 2.75) is 23.0 Å². The Morgan fingerprint density at radius 2 is 1.64 bits per heavy atom. The molecule has 0 amide bonds. The number of halogens is 1. The topological polar surface area (TPSA) is 54.4 Å². The quantitative estimate of drug-likeness (QED) is 0.932. The molecule has 22 heavy (non-hydrogen) atoms. The molecule has 1 aliphatic rings. The van der Waals surface area contributed by atoms with Crippen LogP contribution in [0.3, 0.4) is 0 Å². The summed E-state index contributed by atoms with van der Waals surface area (Å²) >= 11 is 5.88. The summed E-state index contributed by atoms with van der Waals surface area (Å²) < 4.78 is 25.6. The number of aliphatic hydroxyl groups excluding tert-OH is 1. The van der Waals surface area contributed by atoms with Gasteiger partial charge in [-0.2, -0.15) is 0 Å². The second-order valence-electron chi connectivity index (χ2n) is 5.75.